The first-order valence-corrected chi connectivity index (χ1v) is 5.73. The van der Waals surface area contributed by atoms with Crippen molar-refractivity contribution in [2.75, 3.05) is 7.11 Å². The monoisotopic (exact) mass is 225 g/mol. The Hall–Kier alpha value is -1.06. The minimum atomic E-state index is -0.469. The molecule has 4 heteroatoms. The maximum Gasteiger partial charge on any atom is 0.328 e. The average Bonchev–Trinajstić information content (AvgIpc) is 2.38. The Kier molecular flexibility index (Phi) is 2.30. The number of rotatable bonds is 1. The Bertz CT molecular complexity index is 350. The molecule has 16 heavy (non-hydrogen) atoms. The fraction of sp³-hybridized carbons (Fsp3) is 0.833. The Labute approximate surface area is 95.7 Å². The number of carbonyl (C=O) groups is 2. The number of esters is 1. The number of piperidine rings is 1. The van der Waals surface area contributed by atoms with E-state index in [1.807, 2.05) is 6.92 Å². The molecule has 2 aliphatic rings. The lowest BCUT2D eigenvalue weighted by atomic mass is 9.61. The van der Waals surface area contributed by atoms with Crippen LogP contribution in [0.2, 0.25) is 0 Å². The summed E-state index contributed by atoms with van der Waals surface area (Å²) in [5.74, 6) is -0.153. The molecule has 3 atom stereocenters. The summed E-state index contributed by atoms with van der Waals surface area (Å²) in [4.78, 5) is 23.8. The van der Waals surface area contributed by atoms with Crippen LogP contribution in [0.4, 0.5) is 0 Å². The molecule has 2 bridgehead atoms. The lowest BCUT2D eigenvalue weighted by Crippen LogP contribution is -2.61. The fourth-order valence-corrected chi connectivity index (χ4v) is 3.28. The average molecular weight is 225 g/mol. The van der Waals surface area contributed by atoms with Gasteiger partial charge in [0, 0.05) is 0 Å². The van der Waals surface area contributed by atoms with Crippen molar-refractivity contribution in [3.63, 3.8) is 0 Å². The number of ether oxygens (including phenoxy) is 1. The third kappa shape index (κ3) is 1.16. The van der Waals surface area contributed by atoms with Gasteiger partial charge in [0.1, 0.15) is 6.04 Å². The van der Waals surface area contributed by atoms with Crippen LogP contribution in [0.3, 0.4) is 0 Å². The summed E-state index contributed by atoms with van der Waals surface area (Å²) in [6.07, 6.45) is 1.76. The standard InChI is InChI=1S/C12H19NO3/c1-11(2)7-5-6-12(11,3)10(15)13-8(7)9(14)16-4/h7-8H,5-6H2,1-4H3,(H,13,15). The van der Waals surface area contributed by atoms with Crippen LogP contribution in [0.5, 0.6) is 0 Å². The fourth-order valence-electron chi connectivity index (χ4n) is 3.28. The first-order valence-electron chi connectivity index (χ1n) is 5.73. The Morgan fingerprint density at radius 3 is 2.62 bits per heavy atom. The van der Waals surface area contributed by atoms with Gasteiger partial charge >= 0.3 is 5.97 Å². The highest BCUT2D eigenvalue weighted by atomic mass is 16.5. The molecule has 0 aromatic heterocycles. The largest absolute Gasteiger partial charge is 0.467 e. The molecule has 3 unspecified atom stereocenters. The van der Waals surface area contributed by atoms with E-state index in [0.717, 1.165) is 12.8 Å². The summed E-state index contributed by atoms with van der Waals surface area (Å²) >= 11 is 0. The van der Waals surface area contributed by atoms with Crippen molar-refractivity contribution in [2.45, 2.75) is 39.7 Å². The first-order chi connectivity index (χ1) is 7.34. The smallest absolute Gasteiger partial charge is 0.328 e. The zero-order valence-corrected chi connectivity index (χ0v) is 10.3. The molecule has 4 nitrogen and oxygen atoms in total. The Morgan fingerprint density at radius 2 is 2.06 bits per heavy atom. The summed E-state index contributed by atoms with van der Waals surface area (Å²) in [5, 5.41) is 2.81. The molecule has 2 fully saturated rings. The maximum atomic E-state index is 12.1. The predicted octanol–water partition coefficient (Wildman–Crippen LogP) is 1.10. The molecule has 1 saturated carbocycles. The van der Waals surface area contributed by atoms with E-state index in [2.05, 4.69) is 19.2 Å². The van der Waals surface area contributed by atoms with Gasteiger partial charge in [-0.25, -0.2) is 4.79 Å². The van der Waals surface area contributed by atoms with Gasteiger partial charge in [-0.15, -0.1) is 0 Å². The van der Waals surface area contributed by atoms with Crippen LogP contribution in [-0.4, -0.2) is 25.0 Å². The molecule has 1 aliphatic heterocycles. The van der Waals surface area contributed by atoms with E-state index in [-0.39, 0.29) is 28.6 Å². The molecular formula is C12H19NO3. The van der Waals surface area contributed by atoms with Crippen molar-refractivity contribution in [1.82, 2.24) is 5.32 Å². The second-order valence-corrected chi connectivity index (χ2v) is 5.67. The molecule has 0 radical (unpaired) electrons. The van der Waals surface area contributed by atoms with Crippen LogP contribution in [0.15, 0.2) is 0 Å². The molecular weight excluding hydrogens is 206 g/mol. The number of hydrogen-bond donors (Lipinski definition) is 1. The van der Waals surface area contributed by atoms with Crippen molar-refractivity contribution >= 4 is 11.9 Å². The van der Waals surface area contributed by atoms with Crippen LogP contribution in [0.1, 0.15) is 33.6 Å². The molecule has 1 N–H and O–H groups in total. The number of methoxy groups -OCH3 is 1. The van der Waals surface area contributed by atoms with Gasteiger partial charge in [0.15, 0.2) is 0 Å². The Morgan fingerprint density at radius 1 is 1.44 bits per heavy atom. The minimum absolute atomic E-state index is 0.0124. The molecule has 2 rings (SSSR count). The quantitative estimate of drug-likeness (QED) is 0.680. The summed E-state index contributed by atoms with van der Waals surface area (Å²) in [6, 6.07) is -0.469. The van der Waals surface area contributed by atoms with Gasteiger partial charge in [-0.05, 0) is 24.2 Å². The molecule has 90 valence electrons. The summed E-state index contributed by atoms with van der Waals surface area (Å²) in [7, 11) is 1.37. The zero-order valence-electron chi connectivity index (χ0n) is 10.3. The first kappa shape index (κ1) is 11.4. The zero-order chi connectivity index (χ0) is 12.1. The van der Waals surface area contributed by atoms with E-state index in [1.54, 1.807) is 0 Å². The predicted molar refractivity (Wildman–Crippen MR) is 58.6 cm³/mol. The highest BCUT2D eigenvalue weighted by molar-refractivity contribution is 5.91. The number of carbonyl (C=O) groups excluding carboxylic acids is 2. The number of nitrogens with one attached hydrogen (secondary N) is 1. The van der Waals surface area contributed by atoms with Crippen LogP contribution in [0.25, 0.3) is 0 Å². The Balaban J connectivity index is 2.38. The minimum Gasteiger partial charge on any atom is -0.467 e. The van der Waals surface area contributed by atoms with Gasteiger partial charge in [0.25, 0.3) is 0 Å². The van der Waals surface area contributed by atoms with Crippen molar-refractivity contribution < 1.29 is 14.3 Å². The van der Waals surface area contributed by atoms with Crippen molar-refractivity contribution in [3.05, 3.63) is 0 Å². The normalized spacial score (nSPS) is 40.4. The maximum absolute atomic E-state index is 12.1. The molecule has 1 aliphatic carbocycles. The van der Waals surface area contributed by atoms with Crippen molar-refractivity contribution in [1.29, 1.82) is 0 Å². The van der Waals surface area contributed by atoms with E-state index in [0.29, 0.717) is 0 Å². The third-order valence-corrected chi connectivity index (χ3v) is 4.95. The number of amides is 1. The highest BCUT2D eigenvalue weighted by Gasteiger charge is 2.63. The molecule has 1 amide bonds. The van der Waals surface area contributed by atoms with Crippen LogP contribution >= 0.6 is 0 Å². The number of fused-ring (bicyclic) bond motifs is 2. The molecule has 1 saturated heterocycles. The van der Waals surface area contributed by atoms with Crippen LogP contribution in [-0.2, 0) is 14.3 Å². The van der Waals surface area contributed by atoms with E-state index < -0.39 is 6.04 Å². The summed E-state index contributed by atoms with van der Waals surface area (Å²) < 4.78 is 4.76. The SMILES string of the molecule is COC(=O)C1NC(=O)C2(C)CCC1C2(C)C. The van der Waals surface area contributed by atoms with Crippen LogP contribution < -0.4 is 5.32 Å². The van der Waals surface area contributed by atoms with E-state index in [4.69, 9.17) is 4.74 Å². The van der Waals surface area contributed by atoms with Gasteiger partial charge in [-0.2, -0.15) is 0 Å². The summed E-state index contributed by atoms with van der Waals surface area (Å²) in [5.41, 5.74) is -0.490. The second-order valence-electron chi connectivity index (χ2n) is 5.67. The lowest BCUT2D eigenvalue weighted by molar-refractivity contribution is -0.157. The molecule has 0 aromatic carbocycles. The molecule has 0 aromatic rings. The molecule has 0 spiro atoms. The second kappa shape index (κ2) is 3.22. The van der Waals surface area contributed by atoms with Gasteiger partial charge in [0.2, 0.25) is 5.91 Å². The number of hydrogen-bond acceptors (Lipinski definition) is 3. The van der Waals surface area contributed by atoms with Gasteiger partial charge in [0.05, 0.1) is 12.5 Å². The van der Waals surface area contributed by atoms with Gasteiger partial charge in [-0.3, -0.25) is 4.79 Å². The molecule has 1 heterocycles. The van der Waals surface area contributed by atoms with Gasteiger partial charge in [-0.1, -0.05) is 20.8 Å². The van der Waals surface area contributed by atoms with Crippen molar-refractivity contribution in [3.8, 4) is 0 Å². The summed E-state index contributed by atoms with van der Waals surface area (Å²) in [6.45, 7) is 6.16. The van der Waals surface area contributed by atoms with E-state index >= 15 is 0 Å². The lowest BCUT2D eigenvalue weighted by Gasteiger charge is -2.47. The van der Waals surface area contributed by atoms with Gasteiger partial charge < -0.3 is 10.1 Å². The van der Waals surface area contributed by atoms with Crippen molar-refractivity contribution in [2.24, 2.45) is 16.7 Å². The van der Waals surface area contributed by atoms with E-state index in [9.17, 15) is 9.59 Å². The van der Waals surface area contributed by atoms with E-state index in [1.165, 1.54) is 7.11 Å². The highest BCUT2D eigenvalue weighted by Crippen LogP contribution is 2.59. The topological polar surface area (TPSA) is 55.4 Å². The van der Waals surface area contributed by atoms with Crippen LogP contribution in [0, 0.1) is 16.7 Å². The third-order valence-electron chi connectivity index (χ3n) is 4.95.